The number of rotatable bonds is 5. The van der Waals surface area contributed by atoms with Crippen molar-refractivity contribution in [2.75, 3.05) is 0 Å². The highest BCUT2D eigenvalue weighted by Crippen LogP contribution is 2.15. The summed E-state index contributed by atoms with van der Waals surface area (Å²) in [6.45, 7) is 3.55. The molecule has 1 aromatic rings. The van der Waals surface area contributed by atoms with E-state index in [9.17, 15) is 22.8 Å². The van der Waals surface area contributed by atoms with Crippen molar-refractivity contribution in [3.8, 4) is 0 Å². The standard InChI is InChI=1S/C14H15F3N2O2/c1-7(2)3-4-11(13(18)20)19-14(21)12-9(16)5-8(15)6-10(12)17/h3,5-6,11H,4H2,1-2H3,(H2,18,20)(H,19,21)/t11-/m0/s1. The van der Waals surface area contributed by atoms with Crippen molar-refractivity contribution in [1.29, 1.82) is 0 Å². The van der Waals surface area contributed by atoms with Gasteiger partial charge < -0.3 is 11.1 Å². The number of halogens is 3. The number of carbonyl (C=O) groups is 2. The molecule has 114 valence electrons. The minimum Gasteiger partial charge on any atom is -0.368 e. The second-order valence-electron chi connectivity index (χ2n) is 4.69. The summed E-state index contributed by atoms with van der Waals surface area (Å²) >= 11 is 0. The maximum absolute atomic E-state index is 13.5. The molecule has 1 aromatic carbocycles. The zero-order chi connectivity index (χ0) is 16.2. The maximum atomic E-state index is 13.5. The van der Waals surface area contributed by atoms with Crippen LogP contribution in [-0.2, 0) is 4.79 Å². The summed E-state index contributed by atoms with van der Waals surface area (Å²) < 4.78 is 39.7. The van der Waals surface area contributed by atoms with Gasteiger partial charge in [0, 0.05) is 12.1 Å². The van der Waals surface area contributed by atoms with E-state index in [0.717, 1.165) is 5.57 Å². The second kappa shape index (κ2) is 6.92. The number of carbonyl (C=O) groups excluding carboxylic acids is 2. The van der Waals surface area contributed by atoms with Gasteiger partial charge in [-0.05, 0) is 20.3 Å². The summed E-state index contributed by atoms with van der Waals surface area (Å²) in [6.07, 6.45) is 1.74. The molecule has 0 aliphatic rings. The van der Waals surface area contributed by atoms with Crippen LogP contribution in [0, 0.1) is 17.5 Å². The highest BCUT2D eigenvalue weighted by molar-refractivity contribution is 5.97. The SMILES string of the molecule is CC(C)=CC[C@H](NC(=O)c1c(F)cc(F)cc1F)C(N)=O. The Kier molecular flexibility index (Phi) is 5.52. The van der Waals surface area contributed by atoms with Gasteiger partial charge in [0.25, 0.3) is 5.91 Å². The van der Waals surface area contributed by atoms with Crippen LogP contribution in [0.4, 0.5) is 13.2 Å². The third-order valence-corrected chi connectivity index (χ3v) is 2.64. The van der Waals surface area contributed by atoms with Crippen molar-refractivity contribution in [2.24, 2.45) is 5.73 Å². The number of hydrogen-bond acceptors (Lipinski definition) is 2. The molecule has 3 N–H and O–H groups in total. The molecule has 0 bridgehead atoms. The Morgan fingerprint density at radius 3 is 2.19 bits per heavy atom. The number of benzene rings is 1. The average molecular weight is 300 g/mol. The molecule has 0 saturated carbocycles. The average Bonchev–Trinajstić information content (AvgIpc) is 2.32. The van der Waals surface area contributed by atoms with Crippen molar-refractivity contribution >= 4 is 11.8 Å². The third-order valence-electron chi connectivity index (χ3n) is 2.64. The molecule has 0 aliphatic heterocycles. The maximum Gasteiger partial charge on any atom is 0.257 e. The summed E-state index contributed by atoms with van der Waals surface area (Å²) in [6, 6.07) is -0.350. The summed E-state index contributed by atoms with van der Waals surface area (Å²) in [5.41, 5.74) is 5.04. The van der Waals surface area contributed by atoms with Crippen molar-refractivity contribution < 1.29 is 22.8 Å². The van der Waals surface area contributed by atoms with E-state index in [1.165, 1.54) is 0 Å². The van der Waals surface area contributed by atoms with E-state index in [-0.39, 0.29) is 6.42 Å². The van der Waals surface area contributed by atoms with Crippen LogP contribution in [0.15, 0.2) is 23.8 Å². The lowest BCUT2D eigenvalue weighted by Crippen LogP contribution is -2.44. The summed E-state index contributed by atoms with van der Waals surface area (Å²) in [5.74, 6) is -5.86. The van der Waals surface area contributed by atoms with Gasteiger partial charge in [-0.2, -0.15) is 0 Å². The second-order valence-corrected chi connectivity index (χ2v) is 4.69. The molecular weight excluding hydrogens is 285 g/mol. The van der Waals surface area contributed by atoms with Crippen molar-refractivity contribution in [2.45, 2.75) is 26.3 Å². The molecule has 0 spiro atoms. The first-order chi connectivity index (χ1) is 9.72. The quantitative estimate of drug-likeness (QED) is 0.817. The number of hydrogen-bond donors (Lipinski definition) is 2. The summed E-state index contributed by atoms with van der Waals surface area (Å²) in [5, 5.41) is 2.13. The zero-order valence-electron chi connectivity index (χ0n) is 11.5. The molecule has 21 heavy (non-hydrogen) atoms. The lowest BCUT2D eigenvalue weighted by Gasteiger charge is -2.14. The normalized spacial score (nSPS) is 11.7. The van der Waals surface area contributed by atoms with Crippen LogP contribution in [0.2, 0.25) is 0 Å². The Balaban J connectivity index is 2.98. The first-order valence-corrected chi connectivity index (χ1v) is 6.10. The molecule has 4 nitrogen and oxygen atoms in total. The van der Waals surface area contributed by atoms with Crippen LogP contribution in [0.25, 0.3) is 0 Å². The van der Waals surface area contributed by atoms with Crippen LogP contribution >= 0.6 is 0 Å². The molecule has 1 rings (SSSR count). The highest BCUT2D eigenvalue weighted by atomic mass is 19.1. The summed E-state index contributed by atoms with van der Waals surface area (Å²) in [7, 11) is 0. The monoisotopic (exact) mass is 300 g/mol. The fraction of sp³-hybridized carbons (Fsp3) is 0.286. The molecule has 0 heterocycles. The lowest BCUT2D eigenvalue weighted by atomic mass is 10.1. The number of nitrogens with two attached hydrogens (primary N) is 1. The Hall–Kier alpha value is -2.31. The topological polar surface area (TPSA) is 72.2 Å². The van der Waals surface area contributed by atoms with Crippen molar-refractivity contribution in [3.05, 3.63) is 46.8 Å². The van der Waals surface area contributed by atoms with Gasteiger partial charge in [-0.15, -0.1) is 0 Å². The first kappa shape index (κ1) is 16.7. The zero-order valence-corrected chi connectivity index (χ0v) is 11.5. The van der Waals surface area contributed by atoms with Crippen LogP contribution in [-0.4, -0.2) is 17.9 Å². The predicted molar refractivity (Wildman–Crippen MR) is 70.8 cm³/mol. The molecule has 1 atom stereocenters. The van der Waals surface area contributed by atoms with Gasteiger partial charge in [0.15, 0.2) is 0 Å². The van der Waals surface area contributed by atoms with Crippen LogP contribution in [0.1, 0.15) is 30.6 Å². The number of primary amides is 1. The Bertz CT molecular complexity index is 573. The summed E-state index contributed by atoms with van der Waals surface area (Å²) in [4.78, 5) is 23.0. The number of nitrogens with one attached hydrogen (secondary N) is 1. The third kappa shape index (κ3) is 4.62. The lowest BCUT2D eigenvalue weighted by molar-refractivity contribution is -0.119. The minimum atomic E-state index is -1.35. The molecule has 0 fully saturated rings. The van der Waals surface area contributed by atoms with E-state index in [0.29, 0.717) is 12.1 Å². The largest absolute Gasteiger partial charge is 0.368 e. The fourth-order valence-electron chi connectivity index (χ4n) is 1.59. The molecular formula is C14H15F3N2O2. The highest BCUT2D eigenvalue weighted by Gasteiger charge is 2.23. The first-order valence-electron chi connectivity index (χ1n) is 6.10. The number of allylic oxidation sites excluding steroid dienone is 1. The van der Waals surface area contributed by atoms with Crippen molar-refractivity contribution in [1.82, 2.24) is 5.32 Å². The van der Waals surface area contributed by atoms with E-state index in [1.54, 1.807) is 19.9 Å². The van der Waals surface area contributed by atoms with Gasteiger partial charge in [-0.25, -0.2) is 13.2 Å². The van der Waals surface area contributed by atoms with E-state index >= 15 is 0 Å². The van der Waals surface area contributed by atoms with E-state index in [2.05, 4.69) is 5.32 Å². The van der Waals surface area contributed by atoms with Crippen LogP contribution < -0.4 is 11.1 Å². The van der Waals surface area contributed by atoms with E-state index < -0.39 is 40.9 Å². The smallest absolute Gasteiger partial charge is 0.257 e. The molecule has 0 saturated heterocycles. The van der Waals surface area contributed by atoms with E-state index in [1.807, 2.05) is 0 Å². The van der Waals surface area contributed by atoms with Gasteiger partial charge in [-0.1, -0.05) is 11.6 Å². The Morgan fingerprint density at radius 1 is 1.24 bits per heavy atom. The molecule has 0 radical (unpaired) electrons. The molecule has 2 amide bonds. The van der Waals surface area contributed by atoms with Crippen LogP contribution in [0.3, 0.4) is 0 Å². The Labute approximate surface area is 119 Å². The fourth-order valence-corrected chi connectivity index (χ4v) is 1.59. The van der Waals surface area contributed by atoms with E-state index in [4.69, 9.17) is 5.73 Å². The minimum absolute atomic E-state index is 0.0911. The predicted octanol–water partition coefficient (Wildman–Crippen LogP) is 2.04. The van der Waals surface area contributed by atoms with Gasteiger partial charge in [0.1, 0.15) is 29.1 Å². The Morgan fingerprint density at radius 2 is 1.76 bits per heavy atom. The van der Waals surface area contributed by atoms with Gasteiger partial charge >= 0.3 is 0 Å². The number of amides is 2. The molecule has 7 heteroatoms. The van der Waals surface area contributed by atoms with Gasteiger partial charge in [-0.3, -0.25) is 9.59 Å². The molecule has 0 unspecified atom stereocenters. The van der Waals surface area contributed by atoms with Crippen LogP contribution in [0.5, 0.6) is 0 Å². The van der Waals surface area contributed by atoms with Crippen molar-refractivity contribution in [3.63, 3.8) is 0 Å². The molecule has 0 aliphatic carbocycles. The van der Waals surface area contributed by atoms with Gasteiger partial charge in [0.05, 0.1) is 0 Å². The molecule has 0 aromatic heterocycles. The van der Waals surface area contributed by atoms with Gasteiger partial charge in [0.2, 0.25) is 5.91 Å².